The van der Waals surface area contributed by atoms with Crippen LogP contribution in [0.3, 0.4) is 0 Å². The van der Waals surface area contributed by atoms with Crippen LogP contribution in [0.15, 0.2) is 30.5 Å². The fourth-order valence-corrected chi connectivity index (χ4v) is 3.55. The average molecular weight is 275 g/mol. The first kappa shape index (κ1) is 12.6. The highest BCUT2D eigenvalue weighted by Gasteiger charge is 2.18. The highest BCUT2D eigenvalue weighted by molar-refractivity contribution is 7.85. The van der Waals surface area contributed by atoms with Gasteiger partial charge in [-0.25, -0.2) is 4.98 Å². The minimum atomic E-state index is -0.664. The first-order valence-electron chi connectivity index (χ1n) is 6.46. The second kappa shape index (κ2) is 5.27. The van der Waals surface area contributed by atoms with Gasteiger partial charge >= 0.3 is 0 Å². The molecule has 100 valence electrons. The third-order valence-electron chi connectivity index (χ3n) is 3.55. The molecule has 0 unspecified atom stereocenters. The second-order valence-corrected chi connectivity index (χ2v) is 6.39. The molecule has 0 bridgehead atoms. The standard InChI is InChI=1S/C14H17N3OS/c15-9-11-10-16-14(13-4-2-1-3-12(11)13)17-5-7-19(18)8-6-17/h1-4,10H,5-9,15H2. The summed E-state index contributed by atoms with van der Waals surface area (Å²) in [4.78, 5) is 6.80. The van der Waals surface area contributed by atoms with Crippen LogP contribution in [0.2, 0.25) is 0 Å². The Bertz CT molecular complexity index is 619. The molecular formula is C14H17N3OS. The van der Waals surface area contributed by atoms with Gasteiger partial charge in [-0.05, 0) is 10.9 Å². The van der Waals surface area contributed by atoms with Gasteiger partial charge in [0.05, 0.1) is 0 Å². The van der Waals surface area contributed by atoms with Crippen LogP contribution in [-0.4, -0.2) is 33.8 Å². The van der Waals surface area contributed by atoms with Crippen molar-refractivity contribution in [1.29, 1.82) is 0 Å². The van der Waals surface area contributed by atoms with Gasteiger partial charge in [-0.15, -0.1) is 0 Å². The van der Waals surface area contributed by atoms with Crippen molar-refractivity contribution in [3.8, 4) is 0 Å². The number of hydrogen-bond acceptors (Lipinski definition) is 4. The fraction of sp³-hybridized carbons (Fsp3) is 0.357. The molecule has 2 N–H and O–H groups in total. The van der Waals surface area contributed by atoms with E-state index in [0.29, 0.717) is 6.54 Å². The number of fused-ring (bicyclic) bond motifs is 1. The van der Waals surface area contributed by atoms with Crippen molar-refractivity contribution in [3.05, 3.63) is 36.0 Å². The lowest BCUT2D eigenvalue weighted by molar-refractivity contribution is 0.672. The zero-order chi connectivity index (χ0) is 13.2. The molecule has 0 saturated carbocycles. The van der Waals surface area contributed by atoms with Crippen LogP contribution in [0.25, 0.3) is 10.8 Å². The van der Waals surface area contributed by atoms with E-state index in [4.69, 9.17) is 5.73 Å². The van der Waals surface area contributed by atoms with Crippen LogP contribution in [0.4, 0.5) is 5.82 Å². The molecule has 1 aliphatic rings. The lowest BCUT2D eigenvalue weighted by Crippen LogP contribution is -2.38. The summed E-state index contributed by atoms with van der Waals surface area (Å²) in [5.74, 6) is 2.45. The summed E-state index contributed by atoms with van der Waals surface area (Å²) >= 11 is 0. The molecule has 0 amide bonds. The minimum absolute atomic E-state index is 0.498. The van der Waals surface area contributed by atoms with Crippen molar-refractivity contribution in [1.82, 2.24) is 4.98 Å². The number of rotatable bonds is 2. The molecule has 0 spiro atoms. The molecular weight excluding hydrogens is 258 g/mol. The Morgan fingerprint density at radius 2 is 1.89 bits per heavy atom. The van der Waals surface area contributed by atoms with E-state index in [1.165, 1.54) is 5.39 Å². The SMILES string of the molecule is NCc1cnc(N2CCS(=O)CC2)c2ccccc12. The maximum atomic E-state index is 11.5. The van der Waals surface area contributed by atoms with E-state index in [0.717, 1.165) is 41.4 Å². The molecule has 4 nitrogen and oxygen atoms in total. The maximum absolute atomic E-state index is 11.5. The minimum Gasteiger partial charge on any atom is -0.354 e. The maximum Gasteiger partial charge on any atom is 0.136 e. The topological polar surface area (TPSA) is 59.2 Å². The normalized spacial score (nSPS) is 17.0. The highest BCUT2D eigenvalue weighted by atomic mass is 32.2. The fourth-order valence-electron chi connectivity index (χ4n) is 2.50. The van der Waals surface area contributed by atoms with E-state index < -0.39 is 10.8 Å². The molecule has 19 heavy (non-hydrogen) atoms. The molecule has 0 radical (unpaired) electrons. The Kier molecular flexibility index (Phi) is 3.48. The Morgan fingerprint density at radius 3 is 2.58 bits per heavy atom. The van der Waals surface area contributed by atoms with Gasteiger partial charge in [0.1, 0.15) is 5.82 Å². The van der Waals surface area contributed by atoms with Gasteiger partial charge in [-0.3, -0.25) is 4.21 Å². The first-order chi connectivity index (χ1) is 9.29. The number of hydrogen-bond donors (Lipinski definition) is 1. The van der Waals surface area contributed by atoms with E-state index >= 15 is 0 Å². The zero-order valence-electron chi connectivity index (χ0n) is 10.7. The smallest absolute Gasteiger partial charge is 0.136 e. The Balaban J connectivity index is 2.07. The van der Waals surface area contributed by atoms with E-state index in [9.17, 15) is 4.21 Å². The van der Waals surface area contributed by atoms with Gasteiger partial charge in [0, 0.05) is 53.5 Å². The first-order valence-corrected chi connectivity index (χ1v) is 7.95. The van der Waals surface area contributed by atoms with Crippen molar-refractivity contribution in [2.45, 2.75) is 6.54 Å². The van der Waals surface area contributed by atoms with Crippen molar-refractivity contribution in [2.75, 3.05) is 29.5 Å². The summed E-state index contributed by atoms with van der Waals surface area (Å²) in [5.41, 5.74) is 6.84. The molecule has 1 saturated heterocycles. The number of anilines is 1. The Morgan fingerprint density at radius 1 is 1.21 bits per heavy atom. The van der Waals surface area contributed by atoms with Crippen LogP contribution in [0.5, 0.6) is 0 Å². The average Bonchev–Trinajstić information content (AvgIpc) is 2.47. The van der Waals surface area contributed by atoms with Crippen LogP contribution < -0.4 is 10.6 Å². The van der Waals surface area contributed by atoms with Crippen molar-refractivity contribution < 1.29 is 4.21 Å². The van der Waals surface area contributed by atoms with Gasteiger partial charge in [-0.1, -0.05) is 24.3 Å². The molecule has 1 fully saturated rings. The lowest BCUT2D eigenvalue weighted by atomic mass is 10.1. The van der Waals surface area contributed by atoms with Crippen LogP contribution in [-0.2, 0) is 17.3 Å². The number of pyridine rings is 1. The second-order valence-electron chi connectivity index (χ2n) is 4.69. The van der Waals surface area contributed by atoms with Gasteiger partial charge in [-0.2, -0.15) is 0 Å². The zero-order valence-corrected chi connectivity index (χ0v) is 11.5. The summed E-state index contributed by atoms with van der Waals surface area (Å²) in [6.45, 7) is 2.12. The molecule has 5 heteroatoms. The van der Waals surface area contributed by atoms with Gasteiger partial charge in [0.2, 0.25) is 0 Å². The van der Waals surface area contributed by atoms with Crippen LogP contribution in [0, 0.1) is 0 Å². The summed E-state index contributed by atoms with van der Waals surface area (Å²) in [6, 6.07) is 8.22. The molecule has 1 aromatic heterocycles. The van der Waals surface area contributed by atoms with Crippen molar-refractivity contribution in [3.63, 3.8) is 0 Å². The third kappa shape index (κ3) is 2.35. The highest BCUT2D eigenvalue weighted by Crippen LogP contribution is 2.27. The van der Waals surface area contributed by atoms with E-state index in [1.807, 2.05) is 18.3 Å². The number of benzene rings is 1. The Labute approximate surface area is 115 Å². The predicted molar refractivity (Wildman–Crippen MR) is 79.7 cm³/mol. The van der Waals surface area contributed by atoms with E-state index in [-0.39, 0.29) is 0 Å². The van der Waals surface area contributed by atoms with E-state index in [1.54, 1.807) is 0 Å². The molecule has 0 aliphatic carbocycles. The van der Waals surface area contributed by atoms with Crippen LogP contribution >= 0.6 is 0 Å². The van der Waals surface area contributed by atoms with Crippen LogP contribution in [0.1, 0.15) is 5.56 Å². The van der Waals surface area contributed by atoms with Gasteiger partial charge < -0.3 is 10.6 Å². The molecule has 1 aliphatic heterocycles. The quantitative estimate of drug-likeness (QED) is 0.896. The summed E-state index contributed by atoms with van der Waals surface area (Å²) in [6.07, 6.45) is 1.86. The number of aromatic nitrogens is 1. The monoisotopic (exact) mass is 275 g/mol. The summed E-state index contributed by atoms with van der Waals surface area (Å²) < 4.78 is 11.5. The summed E-state index contributed by atoms with van der Waals surface area (Å²) in [5, 5.41) is 2.31. The van der Waals surface area contributed by atoms with Gasteiger partial charge in [0.15, 0.2) is 0 Å². The molecule has 1 aromatic carbocycles. The van der Waals surface area contributed by atoms with E-state index in [2.05, 4.69) is 22.0 Å². The summed E-state index contributed by atoms with van der Waals surface area (Å²) in [7, 11) is -0.664. The predicted octanol–water partition coefficient (Wildman–Crippen LogP) is 1.26. The molecule has 3 rings (SSSR count). The largest absolute Gasteiger partial charge is 0.354 e. The van der Waals surface area contributed by atoms with Crippen molar-refractivity contribution >= 4 is 27.4 Å². The number of nitrogens with two attached hydrogens (primary N) is 1. The number of nitrogens with zero attached hydrogens (tertiary/aromatic N) is 2. The molecule has 2 heterocycles. The molecule has 0 atom stereocenters. The van der Waals surface area contributed by atoms with Gasteiger partial charge in [0.25, 0.3) is 0 Å². The Hall–Kier alpha value is -1.46. The lowest BCUT2D eigenvalue weighted by Gasteiger charge is -2.28. The van der Waals surface area contributed by atoms with Crippen molar-refractivity contribution in [2.24, 2.45) is 5.73 Å². The molecule has 2 aromatic rings. The third-order valence-corrected chi connectivity index (χ3v) is 4.83.